The molecular formula is C22H20ClN5O5S. The molecular weight excluding hydrogens is 482 g/mol. The summed E-state index contributed by atoms with van der Waals surface area (Å²) in [6, 6.07) is 11.6. The zero-order valence-electron chi connectivity index (χ0n) is 18.0. The van der Waals surface area contributed by atoms with Crippen LogP contribution in [-0.2, 0) is 23.6 Å². The van der Waals surface area contributed by atoms with Crippen LogP contribution in [0.25, 0.3) is 11.0 Å². The third-order valence-corrected chi connectivity index (χ3v) is 7.82. The Balaban J connectivity index is 1.63. The number of hydrogen-bond acceptors (Lipinski definition) is 7. The van der Waals surface area contributed by atoms with Gasteiger partial charge in [0, 0.05) is 13.6 Å². The summed E-state index contributed by atoms with van der Waals surface area (Å²) in [7, 11) is -2.35. The molecule has 34 heavy (non-hydrogen) atoms. The van der Waals surface area contributed by atoms with Gasteiger partial charge in [-0.1, -0.05) is 23.7 Å². The lowest BCUT2D eigenvalue weighted by atomic mass is 10.1. The first kappa shape index (κ1) is 23.7. The first-order chi connectivity index (χ1) is 16.1. The normalized spacial score (nSPS) is 14.4. The average Bonchev–Trinajstić information content (AvgIpc) is 3.61. The molecule has 0 spiro atoms. The summed E-state index contributed by atoms with van der Waals surface area (Å²) in [6.45, 7) is -0.0521. The van der Waals surface area contributed by atoms with Crippen molar-refractivity contribution in [2.45, 2.75) is 24.1 Å². The average molecular weight is 502 g/mol. The molecule has 1 heterocycles. The molecule has 1 aromatic heterocycles. The molecule has 1 aliphatic rings. The third-order valence-electron chi connectivity index (χ3n) is 5.78. The van der Waals surface area contributed by atoms with E-state index in [9.17, 15) is 18.0 Å². The number of nitrogens with zero attached hydrogens (tertiary/aromatic N) is 3. The van der Waals surface area contributed by atoms with Gasteiger partial charge in [-0.25, -0.2) is 18.5 Å². The van der Waals surface area contributed by atoms with Crippen molar-refractivity contribution in [3.05, 3.63) is 68.6 Å². The van der Waals surface area contributed by atoms with E-state index in [1.165, 1.54) is 23.7 Å². The van der Waals surface area contributed by atoms with Gasteiger partial charge < -0.3 is 14.6 Å². The second kappa shape index (κ2) is 8.72. The number of ether oxygens (including phenoxy) is 1. The van der Waals surface area contributed by atoms with Crippen LogP contribution < -0.4 is 20.8 Å². The molecule has 0 aliphatic heterocycles. The lowest BCUT2D eigenvalue weighted by Crippen LogP contribution is -2.36. The maximum atomic E-state index is 12.9. The minimum atomic E-state index is -3.80. The number of carbonyl (C=O) groups excluding carboxylic acids is 1. The van der Waals surface area contributed by atoms with Crippen molar-refractivity contribution in [3.63, 3.8) is 0 Å². The first-order valence-corrected chi connectivity index (χ1v) is 12.1. The van der Waals surface area contributed by atoms with Gasteiger partial charge in [-0.3, -0.25) is 9.59 Å². The number of aromatic nitrogens is 2. The highest BCUT2D eigenvalue weighted by Crippen LogP contribution is 2.43. The van der Waals surface area contributed by atoms with Gasteiger partial charge in [-0.15, -0.1) is 0 Å². The van der Waals surface area contributed by atoms with E-state index in [2.05, 4.69) is 10.3 Å². The van der Waals surface area contributed by atoms with Gasteiger partial charge in [-0.05, 0) is 42.7 Å². The van der Waals surface area contributed by atoms with E-state index in [0.29, 0.717) is 18.4 Å². The van der Waals surface area contributed by atoms with Crippen molar-refractivity contribution in [3.8, 4) is 11.8 Å². The van der Waals surface area contributed by atoms with Crippen LogP contribution >= 0.6 is 11.6 Å². The standard InChI is InChI=1S/C22H20ClN5O5S/c1-28-19-16(33-12-22(8-9-22)34(25,31)32)7-6-15(23)17(19)27-18(21(28)30)20(29)26-11-14-4-2-13(10-24)3-5-14/h2-7H,8-9,11-12H2,1H3,(H,26,29)(H2,25,31,32). The number of rotatable bonds is 7. The summed E-state index contributed by atoms with van der Waals surface area (Å²) < 4.78 is 29.5. The second-order valence-electron chi connectivity index (χ2n) is 8.08. The maximum absolute atomic E-state index is 12.9. The van der Waals surface area contributed by atoms with Gasteiger partial charge in [0.2, 0.25) is 10.0 Å². The van der Waals surface area contributed by atoms with Gasteiger partial charge in [0.15, 0.2) is 5.69 Å². The molecule has 1 aliphatic carbocycles. The summed E-state index contributed by atoms with van der Waals surface area (Å²) >= 11 is 6.30. The first-order valence-electron chi connectivity index (χ1n) is 10.2. The van der Waals surface area contributed by atoms with Gasteiger partial charge in [0.25, 0.3) is 11.5 Å². The van der Waals surface area contributed by atoms with Crippen LogP contribution in [0.4, 0.5) is 0 Å². The zero-order chi connectivity index (χ0) is 24.7. The van der Waals surface area contributed by atoms with Crippen LogP contribution in [-0.4, -0.2) is 35.2 Å². The number of aryl methyl sites for hydroxylation is 1. The highest BCUT2D eigenvalue weighted by molar-refractivity contribution is 7.90. The fraction of sp³-hybridized carbons (Fsp3) is 0.273. The van der Waals surface area contributed by atoms with Crippen molar-refractivity contribution in [1.82, 2.24) is 14.9 Å². The Kier molecular flexibility index (Phi) is 6.07. The molecule has 0 unspecified atom stereocenters. The summed E-state index contributed by atoms with van der Waals surface area (Å²) in [5.74, 6) is -0.494. The Morgan fingerprint density at radius 2 is 1.97 bits per heavy atom. The largest absolute Gasteiger partial charge is 0.490 e. The van der Waals surface area contributed by atoms with Gasteiger partial charge in [0.05, 0.1) is 16.7 Å². The number of nitrogens with one attached hydrogen (secondary N) is 1. The fourth-order valence-electron chi connectivity index (χ4n) is 3.47. The number of hydrogen-bond donors (Lipinski definition) is 2. The van der Waals surface area contributed by atoms with Crippen molar-refractivity contribution < 1.29 is 17.9 Å². The molecule has 176 valence electrons. The Labute approximate surface area is 200 Å². The smallest absolute Gasteiger partial charge is 0.282 e. The van der Waals surface area contributed by atoms with E-state index in [4.69, 9.17) is 26.7 Å². The SMILES string of the molecule is Cn1c(=O)c(C(=O)NCc2ccc(C#N)cc2)nc2c(Cl)ccc(OCC3(S(N)(=O)=O)CC3)c21. The molecule has 2 aromatic carbocycles. The van der Waals surface area contributed by atoms with Crippen LogP contribution in [0.5, 0.6) is 5.75 Å². The second-order valence-corrected chi connectivity index (χ2v) is 10.4. The molecule has 0 saturated heterocycles. The summed E-state index contributed by atoms with van der Waals surface area (Å²) in [6.07, 6.45) is 0.774. The van der Waals surface area contributed by atoms with Crippen molar-refractivity contribution >= 4 is 38.6 Å². The van der Waals surface area contributed by atoms with Crippen molar-refractivity contribution in [2.24, 2.45) is 12.2 Å². The van der Waals surface area contributed by atoms with Crippen molar-refractivity contribution in [1.29, 1.82) is 5.26 Å². The van der Waals surface area contributed by atoms with Gasteiger partial charge in [0.1, 0.15) is 28.1 Å². The maximum Gasteiger partial charge on any atom is 0.282 e. The molecule has 1 amide bonds. The zero-order valence-corrected chi connectivity index (χ0v) is 19.6. The number of sulfonamides is 1. The quantitative estimate of drug-likeness (QED) is 0.497. The van der Waals surface area contributed by atoms with Crippen LogP contribution in [0.2, 0.25) is 5.02 Å². The number of nitrogens with two attached hydrogens (primary N) is 1. The Morgan fingerprint density at radius 3 is 2.56 bits per heavy atom. The molecule has 1 saturated carbocycles. The van der Waals surface area contributed by atoms with E-state index in [1.807, 2.05) is 6.07 Å². The number of nitriles is 1. The number of benzene rings is 2. The number of amides is 1. The predicted molar refractivity (Wildman–Crippen MR) is 125 cm³/mol. The summed E-state index contributed by atoms with van der Waals surface area (Å²) in [4.78, 5) is 29.9. The van der Waals surface area contributed by atoms with E-state index in [1.54, 1.807) is 24.3 Å². The predicted octanol–water partition coefficient (Wildman–Crippen LogP) is 1.59. The van der Waals surface area contributed by atoms with Crippen LogP contribution in [0, 0.1) is 11.3 Å². The van der Waals surface area contributed by atoms with E-state index in [0.717, 1.165) is 5.56 Å². The molecule has 0 radical (unpaired) electrons. The number of primary sulfonamides is 1. The Hall–Kier alpha value is -3.46. The summed E-state index contributed by atoms with van der Waals surface area (Å²) in [5, 5.41) is 17.0. The van der Waals surface area contributed by atoms with Crippen molar-refractivity contribution in [2.75, 3.05) is 6.61 Å². The monoisotopic (exact) mass is 501 g/mol. The molecule has 3 aromatic rings. The third kappa shape index (κ3) is 4.35. The molecule has 12 heteroatoms. The molecule has 3 N–H and O–H groups in total. The molecule has 10 nitrogen and oxygen atoms in total. The van der Waals surface area contributed by atoms with Crippen LogP contribution in [0.1, 0.15) is 34.5 Å². The summed E-state index contributed by atoms with van der Waals surface area (Å²) in [5.41, 5.74) is 0.582. The van der Waals surface area contributed by atoms with Gasteiger partial charge in [-0.2, -0.15) is 5.26 Å². The number of fused-ring (bicyclic) bond motifs is 1. The number of halogens is 1. The fourth-order valence-corrected chi connectivity index (χ4v) is 4.56. The Morgan fingerprint density at radius 1 is 1.29 bits per heavy atom. The minimum absolute atomic E-state index is 0.125. The highest BCUT2D eigenvalue weighted by Gasteiger charge is 2.54. The topological polar surface area (TPSA) is 157 Å². The lowest BCUT2D eigenvalue weighted by Gasteiger charge is -2.17. The number of carbonyl (C=O) groups is 1. The Bertz CT molecular complexity index is 1510. The molecule has 0 atom stereocenters. The van der Waals surface area contributed by atoms with Gasteiger partial charge >= 0.3 is 0 Å². The van der Waals surface area contributed by atoms with Crippen LogP contribution in [0.3, 0.4) is 0 Å². The van der Waals surface area contributed by atoms with Crippen LogP contribution in [0.15, 0.2) is 41.2 Å². The van der Waals surface area contributed by atoms with E-state index < -0.39 is 26.2 Å². The lowest BCUT2D eigenvalue weighted by molar-refractivity contribution is 0.0944. The van der Waals surface area contributed by atoms with E-state index in [-0.39, 0.29) is 40.7 Å². The van der Waals surface area contributed by atoms with E-state index >= 15 is 0 Å². The molecule has 0 bridgehead atoms. The highest BCUT2D eigenvalue weighted by atomic mass is 35.5. The minimum Gasteiger partial charge on any atom is -0.490 e. The molecule has 1 fully saturated rings. The molecule has 4 rings (SSSR count).